The standard InChI is InChI=1S/C10H13N3O3/c14-7-3-6-12-9(15)10(16)13-8-4-1-2-5-11-8/h1-2,4-5,14H,3,6-7H2,(H,12,15)(H,11,13,16). The van der Waals surface area contributed by atoms with Crippen molar-refractivity contribution in [2.24, 2.45) is 0 Å². The number of pyridine rings is 1. The maximum Gasteiger partial charge on any atom is 0.314 e. The van der Waals surface area contributed by atoms with Crippen LogP contribution < -0.4 is 10.6 Å². The molecule has 2 amide bonds. The summed E-state index contributed by atoms with van der Waals surface area (Å²) in [6.45, 7) is 0.243. The molecule has 0 saturated carbocycles. The van der Waals surface area contributed by atoms with Gasteiger partial charge in [-0.15, -0.1) is 0 Å². The maximum absolute atomic E-state index is 11.3. The molecule has 86 valence electrons. The van der Waals surface area contributed by atoms with Crippen LogP contribution in [-0.4, -0.2) is 35.1 Å². The van der Waals surface area contributed by atoms with Crippen molar-refractivity contribution < 1.29 is 14.7 Å². The van der Waals surface area contributed by atoms with Gasteiger partial charge in [0, 0.05) is 19.3 Å². The van der Waals surface area contributed by atoms with Crippen LogP contribution in [-0.2, 0) is 9.59 Å². The Morgan fingerprint density at radius 2 is 2.12 bits per heavy atom. The Morgan fingerprint density at radius 3 is 2.75 bits per heavy atom. The Balaban J connectivity index is 2.38. The van der Waals surface area contributed by atoms with Crippen LogP contribution in [0.15, 0.2) is 24.4 Å². The van der Waals surface area contributed by atoms with Crippen LogP contribution in [0.25, 0.3) is 0 Å². The van der Waals surface area contributed by atoms with Crippen LogP contribution in [0.1, 0.15) is 6.42 Å². The average molecular weight is 223 g/mol. The van der Waals surface area contributed by atoms with Crippen LogP contribution in [0.5, 0.6) is 0 Å². The van der Waals surface area contributed by atoms with Gasteiger partial charge in [-0.05, 0) is 18.6 Å². The third kappa shape index (κ3) is 4.05. The molecule has 0 aliphatic heterocycles. The molecule has 0 atom stereocenters. The molecule has 0 aliphatic rings. The summed E-state index contributed by atoms with van der Waals surface area (Å²) in [5.41, 5.74) is 0. The Morgan fingerprint density at radius 1 is 1.31 bits per heavy atom. The first kappa shape index (κ1) is 12.1. The number of aromatic nitrogens is 1. The molecule has 0 unspecified atom stereocenters. The summed E-state index contributed by atoms with van der Waals surface area (Å²) in [6.07, 6.45) is 1.93. The minimum Gasteiger partial charge on any atom is -0.396 e. The molecule has 1 aromatic rings. The van der Waals surface area contributed by atoms with Crippen molar-refractivity contribution >= 4 is 17.6 Å². The van der Waals surface area contributed by atoms with E-state index in [0.29, 0.717) is 12.2 Å². The van der Waals surface area contributed by atoms with Crippen LogP contribution >= 0.6 is 0 Å². The fourth-order valence-corrected chi connectivity index (χ4v) is 0.971. The molecule has 1 aromatic heterocycles. The van der Waals surface area contributed by atoms with E-state index in [0.717, 1.165) is 0 Å². The van der Waals surface area contributed by atoms with E-state index in [9.17, 15) is 9.59 Å². The van der Waals surface area contributed by atoms with Gasteiger partial charge in [-0.25, -0.2) is 4.98 Å². The fourth-order valence-electron chi connectivity index (χ4n) is 0.971. The molecule has 6 nitrogen and oxygen atoms in total. The van der Waals surface area contributed by atoms with Crippen LogP contribution in [0, 0.1) is 0 Å². The lowest BCUT2D eigenvalue weighted by Gasteiger charge is -2.04. The Bertz CT molecular complexity index is 354. The van der Waals surface area contributed by atoms with Crippen molar-refractivity contribution in [2.75, 3.05) is 18.5 Å². The molecule has 0 saturated heterocycles. The molecular formula is C10H13N3O3. The van der Waals surface area contributed by atoms with Crippen molar-refractivity contribution in [3.8, 4) is 0 Å². The maximum atomic E-state index is 11.3. The molecule has 3 N–H and O–H groups in total. The Kier molecular flexibility index (Phi) is 4.94. The zero-order valence-electron chi connectivity index (χ0n) is 8.64. The van der Waals surface area contributed by atoms with Gasteiger partial charge >= 0.3 is 11.8 Å². The SMILES string of the molecule is O=C(NCCCO)C(=O)Nc1ccccn1. The third-order valence-electron chi connectivity index (χ3n) is 1.73. The molecule has 0 aromatic carbocycles. The van der Waals surface area contributed by atoms with Crippen molar-refractivity contribution in [1.82, 2.24) is 10.3 Å². The van der Waals surface area contributed by atoms with Crippen molar-refractivity contribution in [1.29, 1.82) is 0 Å². The van der Waals surface area contributed by atoms with Crippen molar-refractivity contribution in [3.63, 3.8) is 0 Å². The third-order valence-corrected chi connectivity index (χ3v) is 1.73. The minimum atomic E-state index is -0.767. The predicted octanol–water partition coefficient (Wildman–Crippen LogP) is -0.481. The van der Waals surface area contributed by atoms with Gasteiger partial charge in [0.25, 0.3) is 0 Å². The van der Waals surface area contributed by atoms with Crippen molar-refractivity contribution in [3.05, 3.63) is 24.4 Å². The number of aliphatic hydroxyl groups excluding tert-OH is 1. The molecule has 1 rings (SSSR count). The van der Waals surface area contributed by atoms with E-state index < -0.39 is 11.8 Å². The van der Waals surface area contributed by atoms with Crippen molar-refractivity contribution in [2.45, 2.75) is 6.42 Å². The van der Waals surface area contributed by atoms with Gasteiger partial charge in [0.15, 0.2) is 0 Å². The molecule has 1 heterocycles. The summed E-state index contributed by atoms with van der Waals surface area (Å²) in [5, 5.41) is 13.2. The highest BCUT2D eigenvalue weighted by atomic mass is 16.3. The molecule has 0 radical (unpaired) electrons. The van der Waals surface area contributed by atoms with Gasteiger partial charge in [0.05, 0.1) is 0 Å². The first-order valence-electron chi connectivity index (χ1n) is 4.85. The molecule has 16 heavy (non-hydrogen) atoms. The second-order valence-corrected chi connectivity index (χ2v) is 3.00. The van der Waals surface area contributed by atoms with Gasteiger partial charge in [0.1, 0.15) is 5.82 Å². The largest absolute Gasteiger partial charge is 0.396 e. The summed E-state index contributed by atoms with van der Waals surface area (Å²) in [7, 11) is 0. The van der Waals surface area contributed by atoms with E-state index in [1.807, 2.05) is 0 Å². The second-order valence-electron chi connectivity index (χ2n) is 3.00. The highest BCUT2D eigenvalue weighted by Gasteiger charge is 2.12. The molecule has 0 bridgehead atoms. The van der Waals surface area contributed by atoms with Gasteiger partial charge in [0.2, 0.25) is 0 Å². The number of amides is 2. The summed E-state index contributed by atoms with van der Waals surface area (Å²) < 4.78 is 0. The normalized spacial score (nSPS) is 9.56. The number of aliphatic hydroxyl groups is 1. The molecular weight excluding hydrogens is 210 g/mol. The lowest BCUT2D eigenvalue weighted by atomic mass is 10.4. The summed E-state index contributed by atoms with van der Waals surface area (Å²) >= 11 is 0. The van der Waals surface area contributed by atoms with Gasteiger partial charge in [-0.1, -0.05) is 6.07 Å². The predicted molar refractivity (Wildman–Crippen MR) is 57.6 cm³/mol. The number of anilines is 1. The van der Waals surface area contributed by atoms with E-state index in [4.69, 9.17) is 5.11 Å². The summed E-state index contributed by atoms with van der Waals surface area (Å²) in [4.78, 5) is 26.3. The van der Waals surface area contributed by atoms with E-state index in [2.05, 4.69) is 15.6 Å². The molecule has 0 spiro atoms. The minimum absolute atomic E-state index is 0.0257. The highest BCUT2D eigenvalue weighted by Crippen LogP contribution is 1.98. The molecule has 0 fully saturated rings. The summed E-state index contributed by atoms with van der Waals surface area (Å²) in [6, 6.07) is 4.99. The lowest BCUT2D eigenvalue weighted by Crippen LogP contribution is -2.36. The molecule has 0 aliphatic carbocycles. The first-order chi connectivity index (χ1) is 7.74. The first-order valence-corrected chi connectivity index (χ1v) is 4.85. The zero-order chi connectivity index (χ0) is 11.8. The number of rotatable bonds is 4. The van der Waals surface area contributed by atoms with Gasteiger partial charge in [-0.3, -0.25) is 9.59 Å². The van der Waals surface area contributed by atoms with Crippen LogP contribution in [0.4, 0.5) is 5.82 Å². The van der Waals surface area contributed by atoms with Gasteiger partial charge < -0.3 is 15.7 Å². The Hall–Kier alpha value is -1.95. The number of nitrogens with one attached hydrogen (secondary N) is 2. The molecule has 6 heteroatoms. The highest BCUT2D eigenvalue weighted by molar-refractivity contribution is 6.39. The zero-order valence-corrected chi connectivity index (χ0v) is 8.64. The number of nitrogens with zero attached hydrogens (tertiary/aromatic N) is 1. The topological polar surface area (TPSA) is 91.3 Å². The van der Waals surface area contributed by atoms with E-state index in [1.54, 1.807) is 18.2 Å². The van der Waals surface area contributed by atoms with Gasteiger partial charge in [-0.2, -0.15) is 0 Å². The van der Waals surface area contributed by atoms with Crippen LogP contribution in [0.2, 0.25) is 0 Å². The van der Waals surface area contributed by atoms with E-state index in [1.165, 1.54) is 6.20 Å². The van der Waals surface area contributed by atoms with Crippen LogP contribution in [0.3, 0.4) is 0 Å². The smallest absolute Gasteiger partial charge is 0.314 e. The summed E-state index contributed by atoms with van der Waals surface area (Å²) in [5.74, 6) is -1.18. The van der Waals surface area contributed by atoms with E-state index >= 15 is 0 Å². The lowest BCUT2D eigenvalue weighted by molar-refractivity contribution is -0.136. The number of hydrogen-bond acceptors (Lipinski definition) is 4. The average Bonchev–Trinajstić information content (AvgIpc) is 2.30. The monoisotopic (exact) mass is 223 g/mol. The number of carbonyl (C=O) groups is 2. The second kappa shape index (κ2) is 6.52. The Labute approximate surface area is 92.7 Å². The fraction of sp³-hybridized carbons (Fsp3) is 0.300. The number of carbonyl (C=O) groups excluding carboxylic acids is 2. The quantitative estimate of drug-likeness (QED) is 0.475. The van der Waals surface area contributed by atoms with E-state index in [-0.39, 0.29) is 13.2 Å². The number of hydrogen-bond donors (Lipinski definition) is 3.